The van der Waals surface area contributed by atoms with Gasteiger partial charge in [0.25, 0.3) is 5.91 Å². The van der Waals surface area contributed by atoms with E-state index in [0.717, 1.165) is 64.4 Å². The van der Waals surface area contributed by atoms with Crippen molar-refractivity contribution in [2.24, 2.45) is 0 Å². The summed E-state index contributed by atoms with van der Waals surface area (Å²) in [5, 5.41) is 4.40. The quantitative estimate of drug-likeness (QED) is 0.196. The molecule has 0 saturated carbocycles. The summed E-state index contributed by atoms with van der Waals surface area (Å²) < 4.78 is 6.33. The van der Waals surface area contributed by atoms with E-state index in [2.05, 4.69) is 28.2 Å². The largest absolute Gasteiger partial charge is 0.461 e. The zero-order chi connectivity index (χ0) is 25.8. The highest BCUT2D eigenvalue weighted by Gasteiger charge is 2.27. The Kier molecular flexibility index (Phi) is 7.81. The van der Waals surface area contributed by atoms with Crippen LogP contribution in [0.3, 0.4) is 0 Å². The maximum absolute atomic E-state index is 13.3. The number of esters is 1. The number of thiazole rings is 2. The van der Waals surface area contributed by atoms with Crippen LogP contribution >= 0.6 is 22.7 Å². The lowest BCUT2D eigenvalue weighted by Crippen LogP contribution is -2.32. The summed E-state index contributed by atoms with van der Waals surface area (Å²) >= 11 is 3.04. The fourth-order valence-corrected chi connectivity index (χ4v) is 6.56. The lowest BCUT2D eigenvalue weighted by molar-refractivity contribution is 0.0519. The molecule has 3 heterocycles. The van der Waals surface area contributed by atoms with E-state index in [1.807, 2.05) is 43.3 Å². The molecule has 0 radical (unpaired) electrons. The molecule has 4 aromatic rings. The molecule has 0 aliphatic carbocycles. The van der Waals surface area contributed by atoms with Crippen molar-refractivity contribution in [3.8, 4) is 0 Å². The molecule has 2 aromatic carbocycles. The van der Waals surface area contributed by atoms with E-state index < -0.39 is 0 Å². The summed E-state index contributed by atoms with van der Waals surface area (Å²) in [6, 6.07) is 13.7. The van der Waals surface area contributed by atoms with Crippen LogP contribution in [0.15, 0.2) is 42.5 Å². The van der Waals surface area contributed by atoms with Gasteiger partial charge in [-0.05, 0) is 55.5 Å². The Morgan fingerprint density at radius 1 is 1.05 bits per heavy atom. The zero-order valence-corrected chi connectivity index (χ0v) is 22.7. The van der Waals surface area contributed by atoms with Crippen LogP contribution in [0.5, 0.6) is 0 Å². The fraction of sp³-hybridized carbons (Fsp3) is 0.357. The Balaban J connectivity index is 1.39. The molecule has 0 saturated heterocycles. The van der Waals surface area contributed by atoms with Crippen molar-refractivity contribution >= 4 is 55.0 Å². The molecule has 1 N–H and O–H groups in total. The molecular weight excluding hydrogens is 504 g/mol. The van der Waals surface area contributed by atoms with Gasteiger partial charge in [0.05, 0.1) is 16.8 Å². The Labute approximate surface area is 224 Å². The van der Waals surface area contributed by atoms with Crippen molar-refractivity contribution in [2.45, 2.75) is 52.5 Å². The molecule has 192 valence electrons. The van der Waals surface area contributed by atoms with Crippen molar-refractivity contribution in [3.05, 3.63) is 69.7 Å². The van der Waals surface area contributed by atoms with Crippen LogP contribution in [-0.4, -0.2) is 35.0 Å². The molecule has 0 fully saturated rings. The summed E-state index contributed by atoms with van der Waals surface area (Å²) in [4.78, 5) is 38.4. The van der Waals surface area contributed by atoms with Crippen LogP contribution in [-0.2, 0) is 24.1 Å². The number of benzene rings is 2. The van der Waals surface area contributed by atoms with Crippen molar-refractivity contribution in [1.29, 1.82) is 0 Å². The highest BCUT2D eigenvalue weighted by Crippen LogP contribution is 2.33. The molecular formula is C28H30N4O3S2. The van der Waals surface area contributed by atoms with Gasteiger partial charge >= 0.3 is 5.97 Å². The number of carbonyl (C=O) groups is 2. The highest BCUT2D eigenvalue weighted by molar-refractivity contribution is 7.22. The molecule has 1 aliphatic heterocycles. The highest BCUT2D eigenvalue weighted by atomic mass is 32.1. The maximum atomic E-state index is 13.3. The van der Waals surface area contributed by atoms with E-state index in [1.54, 1.807) is 11.3 Å². The summed E-state index contributed by atoms with van der Waals surface area (Å²) in [6.45, 7) is 5.64. The fourth-order valence-electron chi connectivity index (χ4n) is 4.59. The smallest absolute Gasteiger partial charge is 0.358 e. The van der Waals surface area contributed by atoms with Gasteiger partial charge in [-0.2, -0.15) is 0 Å². The van der Waals surface area contributed by atoms with Crippen LogP contribution in [0.4, 0.5) is 10.3 Å². The van der Waals surface area contributed by atoms with Gasteiger partial charge in [-0.15, -0.1) is 11.3 Å². The lowest BCUT2D eigenvalue weighted by Gasteiger charge is -2.29. The van der Waals surface area contributed by atoms with E-state index >= 15 is 0 Å². The molecule has 0 atom stereocenters. The first-order chi connectivity index (χ1) is 18.1. The Morgan fingerprint density at radius 3 is 2.73 bits per heavy atom. The van der Waals surface area contributed by atoms with Gasteiger partial charge in [0, 0.05) is 23.5 Å². The summed E-state index contributed by atoms with van der Waals surface area (Å²) in [5.41, 5.74) is 4.11. The molecule has 9 heteroatoms. The number of nitrogens with zero attached hydrogens (tertiary/aromatic N) is 3. The number of carbonyl (C=O) groups excluding carboxylic acids is 2. The molecule has 1 amide bonds. The van der Waals surface area contributed by atoms with Gasteiger partial charge in [0.2, 0.25) is 0 Å². The van der Waals surface area contributed by atoms with Crippen LogP contribution in [0, 0.1) is 0 Å². The minimum Gasteiger partial charge on any atom is -0.461 e. The van der Waals surface area contributed by atoms with Crippen molar-refractivity contribution in [2.75, 3.05) is 23.4 Å². The number of aromatic nitrogens is 2. The van der Waals surface area contributed by atoms with Gasteiger partial charge in [-0.3, -0.25) is 10.1 Å². The normalized spacial score (nSPS) is 13.0. The number of ether oxygens (including phenoxy) is 1. The first-order valence-electron chi connectivity index (χ1n) is 12.8. The third kappa shape index (κ3) is 5.52. The average Bonchev–Trinajstić information content (AvgIpc) is 3.52. The first-order valence-corrected chi connectivity index (χ1v) is 14.4. The van der Waals surface area contributed by atoms with Gasteiger partial charge in [-0.1, -0.05) is 55.4 Å². The van der Waals surface area contributed by atoms with E-state index in [4.69, 9.17) is 9.72 Å². The summed E-state index contributed by atoms with van der Waals surface area (Å²) in [6.07, 6.45) is 4.87. The third-order valence-electron chi connectivity index (χ3n) is 6.46. The second kappa shape index (κ2) is 11.4. The topological polar surface area (TPSA) is 84.4 Å². The van der Waals surface area contributed by atoms with Crippen LogP contribution in [0.1, 0.15) is 70.0 Å². The monoisotopic (exact) mass is 534 g/mol. The minimum absolute atomic E-state index is 0.163. The second-order valence-electron chi connectivity index (χ2n) is 9.00. The van der Waals surface area contributed by atoms with E-state index in [1.165, 1.54) is 16.9 Å². The SMILES string of the molecule is CCCCCc1sc(N2CCc3cccc(C(=O)Nc4nc5ccccc5s4)c3C2)nc1C(=O)OCC. The summed E-state index contributed by atoms with van der Waals surface area (Å²) in [7, 11) is 0. The van der Waals surface area contributed by atoms with Crippen molar-refractivity contribution < 1.29 is 14.3 Å². The molecule has 5 rings (SSSR count). The number of aryl methyl sites for hydroxylation is 1. The van der Waals surface area contributed by atoms with E-state index in [0.29, 0.717) is 29.5 Å². The third-order valence-corrected chi connectivity index (χ3v) is 8.59. The number of unbranched alkanes of at least 4 members (excludes halogenated alkanes) is 2. The summed E-state index contributed by atoms with van der Waals surface area (Å²) in [5.74, 6) is -0.519. The Hall–Kier alpha value is -3.30. The van der Waals surface area contributed by atoms with Gasteiger partial charge in [-0.25, -0.2) is 14.8 Å². The number of fused-ring (bicyclic) bond motifs is 2. The molecule has 0 spiro atoms. The zero-order valence-electron chi connectivity index (χ0n) is 21.1. The number of amides is 1. The van der Waals surface area contributed by atoms with E-state index in [9.17, 15) is 9.59 Å². The number of anilines is 2. The molecule has 0 unspecified atom stereocenters. The van der Waals surface area contributed by atoms with Gasteiger partial charge in [0.15, 0.2) is 16.0 Å². The van der Waals surface area contributed by atoms with Crippen molar-refractivity contribution in [3.63, 3.8) is 0 Å². The number of hydrogen-bond acceptors (Lipinski definition) is 8. The number of hydrogen-bond donors (Lipinski definition) is 1. The van der Waals surface area contributed by atoms with Crippen molar-refractivity contribution in [1.82, 2.24) is 9.97 Å². The molecule has 37 heavy (non-hydrogen) atoms. The predicted molar refractivity (Wildman–Crippen MR) is 150 cm³/mol. The van der Waals surface area contributed by atoms with Crippen LogP contribution in [0.2, 0.25) is 0 Å². The number of rotatable bonds is 9. The molecule has 0 bridgehead atoms. The van der Waals surface area contributed by atoms with E-state index in [-0.39, 0.29) is 11.9 Å². The lowest BCUT2D eigenvalue weighted by atomic mass is 9.94. The average molecular weight is 535 g/mol. The molecule has 1 aliphatic rings. The molecule has 2 aromatic heterocycles. The maximum Gasteiger partial charge on any atom is 0.358 e. The number of para-hydroxylation sites is 1. The van der Waals surface area contributed by atoms with Crippen LogP contribution < -0.4 is 10.2 Å². The number of nitrogens with one attached hydrogen (secondary N) is 1. The Morgan fingerprint density at radius 2 is 1.92 bits per heavy atom. The molecule has 7 nitrogen and oxygen atoms in total. The predicted octanol–water partition coefficient (Wildman–Crippen LogP) is 6.48. The first kappa shape index (κ1) is 25.4. The standard InChI is InChI=1S/C28H30N4O3S2/c1-3-5-6-14-23-24(26(34)35-4-2)30-28(37-23)32-16-15-18-10-9-11-19(20(18)17-32)25(33)31-27-29-21-12-7-8-13-22(21)36-27/h7-13H,3-6,14-17H2,1-2H3,(H,29,31,33). The van der Waals surface area contributed by atoms with Crippen LogP contribution in [0.25, 0.3) is 10.2 Å². The van der Waals surface area contributed by atoms with Gasteiger partial charge < -0.3 is 9.64 Å². The second-order valence-corrected chi connectivity index (χ2v) is 11.1. The Bertz CT molecular complexity index is 1400. The van der Waals surface area contributed by atoms with Gasteiger partial charge in [0.1, 0.15) is 0 Å². The minimum atomic E-state index is -0.357.